The molecule has 33 heavy (non-hydrogen) atoms. The van der Waals surface area contributed by atoms with E-state index in [1.165, 1.54) is 18.3 Å². The average molecular weight is 466 g/mol. The molecular weight excluding hydrogens is 442 g/mol. The Balaban J connectivity index is 1.55. The molecular formula is C24H23N3O5S. The number of benzene rings is 3. The third-order valence-electron chi connectivity index (χ3n) is 5.06. The molecule has 3 aromatic rings. The standard InChI is InChI=1S/C24H23N3O5S/c1-2-19-8-6-7-11-21(19)27(33(29,30)20-9-4-3-5-10-20)16-24(28)26-25-15-18-12-13-22-23(14-18)32-17-31-22/h3-15H,2,16-17H2,1H3,(H,26,28)/b25-15-. The predicted octanol–water partition coefficient (Wildman–Crippen LogP) is 3.32. The molecule has 0 radical (unpaired) electrons. The fourth-order valence-electron chi connectivity index (χ4n) is 3.41. The Kier molecular flexibility index (Phi) is 6.60. The van der Waals surface area contributed by atoms with E-state index in [1.54, 1.807) is 48.5 Å². The highest BCUT2D eigenvalue weighted by Gasteiger charge is 2.28. The molecule has 0 atom stereocenters. The van der Waals surface area contributed by atoms with Crippen molar-refractivity contribution < 1.29 is 22.7 Å². The van der Waals surface area contributed by atoms with Gasteiger partial charge in [-0.1, -0.05) is 43.3 Å². The highest BCUT2D eigenvalue weighted by atomic mass is 32.2. The number of nitrogens with zero attached hydrogens (tertiary/aromatic N) is 2. The molecule has 170 valence electrons. The van der Waals surface area contributed by atoms with E-state index in [2.05, 4.69) is 10.5 Å². The number of ether oxygens (including phenoxy) is 2. The van der Waals surface area contributed by atoms with Gasteiger partial charge >= 0.3 is 0 Å². The summed E-state index contributed by atoms with van der Waals surface area (Å²) in [5.74, 6) is 0.673. The van der Waals surface area contributed by atoms with Crippen molar-refractivity contribution in [3.63, 3.8) is 0 Å². The van der Waals surface area contributed by atoms with Gasteiger partial charge in [0, 0.05) is 0 Å². The van der Waals surface area contributed by atoms with Gasteiger partial charge in [0.2, 0.25) is 6.79 Å². The monoisotopic (exact) mass is 465 g/mol. The highest BCUT2D eigenvalue weighted by Crippen LogP contribution is 2.32. The number of fused-ring (bicyclic) bond motifs is 1. The number of hydrogen-bond acceptors (Lipinski definition) is 6. The van der Waals surface area contributed by atoms with Gasteiger partial charge in [-0.15, -0.1) is 0 Å². The van der Waals surface area contributed by atoms with Gasteiger partial charge in [0.25, 0.3) is 15.9 Å². The second-order valence-corrected chi connectivity index (χ2v) is 9.08. The molecule has 8 nitrogen and oxygen atoms in total. The minimum atomic E-state index is -3.98. The average Bonchev–Trinajstić information content (AvgIpc) is 3.31. The smallest absolute Gasteiger partial charge is 0.264 e. The topological polar surface area (TPSA) is 97.3 Å². The Labute approximate surface area is 192 Å². The van der Waals surface area contributed by atoms with Crippen molar-refractivity contribution in [2.75, 3.05) is 17.6 Å². The molecule has 0 fully saturated rings. The first-order valence-electron chi connectivity index (χ1n) is 10.4. The maximum Gasteiger partial charge on any atom is 0.264 e. The first-order valence-corrected chi connectivity index (χ1v) is 11.8. The summed E-state index contributed by atoms with van der Waals surface area (Å²) in [7, 11) is -3.98. The Morgan fingerprint density at radius 1 is 1.03 bits per heavy atom. The lowest BCUT2D eigenvalue weighted by Gasteiger charge is -2.25. The van der Waals surface area contributed by atoms with Gasteiger partial charge in [0.1, 0.15) is 6.54 Å². The van der Waals surface area contributed by atoms with Crippen LogP contribution in [0.5, 0.6) is 11.5 Å². The van der Waals surface area contributed by atoms with Crippen molar-refractivity contribution in [2.24, 2.45) is 5.10 Å². The number of aryl methyl sites for hydroxylation is 1. The summed E-state index contributed by atoms with van der Waals surface area (Å²) in [6.45, 7) is 1.67. The van der Waals surface area contributed by atoms with Crippen molar-refractivity contribution in [1.82, 2.24) is 5.43 Å². The fraction of sp³-hybridized carbons (Fsp3) is 0.167. The first kappa shape index (κ1) is 22.3. The molecule has 1 aliphatic heterocycles. The maximum atomic E-state index is 13.4. The first-order chi connectivity index (χ1) is 16.0. The molecule has 0 unspecified atom stereocenters. The Morgan fingerprint density at radius 2 is 1.76 bits per heavy atom. The van der Waals surface area contributed by atoms with E-state index in [9.17, 15) is 13.2 Å². The number of anilines is 1. The molecule has 0 bridgehead atoms. The van der Waals surface area contributed by atoms with Crippen molar-refractivity contribution in [3.05, 3.63) is 83.9 Å². The number of amides is 1. The van der Waals surface area contributed by atoms with E-state index >= 15 is 0 Å². The van der Waals surface area contributed by atoms with Crippen LogP contribution in [0.25, 0.3) is 0 Å². The van der Waals surface area contributed by atoms with E-state index < -0.39 is 22.5 Å². The highest BCUT2D eigenvalue weighted by molar-refractivity contribution is 7.92. The third kappa shape index (κ3) is 4.98. The molecule has 0 aliphatic carbocycles. The summed E-state index contributed by atoms with van der Waals surface area (Å²) in [5, 5.41) is 3.97. The van der Waals surface area contributed by atoms with Gasteiger partial charge in [-0.3, -0.25) is 9.10 Å². The number of sulfonamides is 1. The predicted molar refractivity (Wildman–Crippen MR) is 125 cm³/mol. The molecule has 0 saturated carbocycles. The summed E-state index contributed by atoms with van der Waals surface area (Å²) >= 11 is 0. The maximum absolute atomic E-state index is 13.4. The van der Waals surface area contributed by atoms with E-state index in [1.807, 2.05) is 19.1 Å². The minimum Gasteiger partial charge on any atom is -0.454 e. The zero-order valence-electron chi connectivity index (χ0n) is 18.0. The molecule has 0 aromatic heterocycles. The van der Waals surface area contributed by atoms with Gasteiger partial charge in [-0.2, -0.15) is 5.10 Å². The van der Waals surface area contributed by atoms with Crippen LogP contribution < -0.4 is 19.2 Å². The second kappa shape index (κ2) is 9.74. The van der Waals surface area contributed by atoms with Crippen molar-refractivity contribution in [1.29, 1.82) is 0 Å². The van der Waals surface area contributed by atoms with Crippen LogP contribution in [-0.4, -0.2) is 33.9 Å². The summed E-state index contributed by atoms with van der Waals surface area (Å²) in [6, 6.07) is 20.4. The molecule has 1 heterocycles. The van der Waals surface area contributed by atoms with Gasteiger partial charge < -0.3 is 9.47 Å². The van der Waals surface area contributed by atoms with Crippen LogP contribution in [0.3, 0.4) is 0 Å². The largest absolute Gasteiger partial charge is 0.454 e. The van der Waals surface area contributed by atoms with E-state index in [4.69, 9.17) is 9.47 Å². The molecule has 0 spiro atoms. The van der Waals surface area contributed by atoms with Crippen molar-refractivity contribution in [3.8, 4) is 11.5 Å². The van der Waals surface area contributed by atoms with Crippen LogP contribution >= 0.6 is 0 Å². The number of hydrazone groups is 1. The molecule has 3 aromatic carbocycles. The number of carbonyl (C=O) groups is 1. The molecule has 0 saturated heterocycles. The van der Waals surface area contributed by atoms with Crippen molar-refractivity contribution >= 4 is 27.8 Å². The van der Waals surface area contributed by atoms with Crippen LogP contribution in [0.2, 0.25) is 0 Å². The number of nitrogens with one attached hydrogen (secondary N) is 1. The second-order valence-electron chi connectivity index (χ2n) is 7.21. The van der Waals surface area contributed by atoms with Gasteiger partial charge in [0.15, 0.2) is 11.5 Å². The van der Waals surface area contributed by atoms with Gasteiger partial charge in [0.05, 0.1) is 16.8 Å². The number of carbonyl (C=O) groups excluding carboxylic acids is 1. The van der Waals surface area contributed by atoms with Crippen LogP contribution in [0.15, 0.2) is 82.8 Å². The fourth-order valence-corrected chi connectivity index (χ4v) is 4.89. The quantitative estimate of drug-likeness (QED) is 0.407. The summed E-state index contributed by atoms with van der Waals surface area (Å²) in [4.78, 5) is 12.8. The van der Waals surface area contributed by atoms with E-state index in [0.717, 1.165) is 9.87 Å². The summed E-state index contributed by atoms with van der Waals surface area (Å²) in [6.07, 6.45) is 2.07. The summed E-state index contributed by atoms with van der Waals surface area (Å²) in [5.41, 5.74) is 4.38. The normalized spacial score (nSPS) is 12.6. The van der Waals surface area contributed by atoms with E-state index in [-0.39, 0.29) is 11.7 Å². The van der Waals surface area contributed by atoms with Gasteiger partial charge in [-0.25, -0.2) is 13.8 Å². The zero-order valence-corrected chi connectivity index (χ0v) is 18.8. The Bertz CT molecular complexity index is 1280. The minimum absolute atomic E-state index is 0.104. The van der Waals surface area contributed by atoms with Crippen LogP contribution in [0.4, 0.5) is 5.69 Å². The zero-order chi connectivity index (χ0) is 23.3. The lowest BCUT2D eigenvalue weighted by atomic mass is 10.1. The molecule has 4 rings (SSSR count). The third-order valence-corrected chi connectivity index (χ3v) is 6.83. The molecule has 1 amide bonds. The van der Waals surface area contributed by atoms with Gasteiger partial charge in [-0.05, 0) is 53.9 Å². The number of rotatable bonds is 8. The molecule has 1 aliphatic rings. The van der Waals surface area contributed by atoms with Crippen LogP contribution in [0, 0.1) is 0 Å². The van der Waals surface area contributed by atoms with Crippen LogP contribution in [0.1, 0.15) is 18.1 Å². The number of para-hydroxylation sites is 1. The summed E-state index contributed by atoms with van der Waals surface area (Å²) < 4.78 is 38.6. The Morgan fingerprint density at radius 3 is 2.55 bits per heavy atom. The number of hydrogen-bond donors (Lipinski definition) is 1. The lowest BCUT2D eigenvalue weighted by Crippen LogP contribution is -2.40. The SMILES string of the molecule is CCc1ccccc1N(CC(=O)N/N=C\c1ccc2c(c1)OCO2)S(=O)(=O)c1ccccc1. The van der Waals surface area contributed by atoms with Crippen molar-refractivity contribution in [2.45, 2.75) is 18.2 Å². The molecule has 9 heteroatoms. The van der Waals surface area contributed by atoms with E-state index in [0.29, 0.717) is 29.2 Å². The van der Waals surface area contributed by atoms with Crippen LogP contribution in [-0.2, 0) is 21.2 Å². The molecule has 1 N–H and O–H groups in total. The Hall–Kier alpha value is -3.85. The lowest BCUT2D eigenvalue weighted by molar-refractivity contribution is -0.119.